The third kappa shape index (κ3) is 6.01. The quantitative estimate of drug-likeness (QED) is 0.628. The molecule has 104 valence electrons. The second kappa shape index (κ2) is 7.53. The fraction of sp³-hybridized carbons (Fsp3) is 0.429. The summed E-state index contributed by atoms with van der Waals surface area (Å²) in [4.78, 5) is 22.4. The Hall–Kier alpha value is -1.88. The van der Waals surface area contributed by atoms with E-state index in [1.165, 1.54) is 0 Å². The SMILES string of the molecule is CC(CC(O)NC(=O)CCc1ccccc1)C(N)=O. The third-order valence-corrected chi connectivity index (χ3v) is 2.87. The van der Waals surface area contributed by atoms with Gasteiger partial charge >= 0.3 is 0 Å². The number of primary amides is 1. The van der Waals surface area contributed by atoms with Crippen molar-refractivity contribution in [3.05, 3.63) is 35.9 Å². The van der Waals surface area contributed by atoms with Crippen molar-refractivity contribution in [1.29, 1.82) is 0 Å². The van der Waals surface area contributed by atoms with Crippen LogP contribution in [0.2, 0.25) is 0 Å². The molecule has 0 aliphatic carbocycles. The molecule has 0 aromatic heterocycles. The first kappa shape index (κ1) is 15.2. The maximum absolute atomic E-state index is 11.6. The van der Waals surface area contributed by atoms with Gasteiger partial charge in [0, 0.05) is 18.8 Å². The molecule has 0 saturated carbocycles. The van der Waals surface area contributed by atoms with Crippen LogP contribution in [0.3, 0.4) is 0 Å². The summed E-state index contributed by atoms with van der Waals surface area (Å²) in [7, 11) is 0. The van der Waals surface area contributed by atoms with Gasteiger partial charge in [0.25, 0.3) is 0 Å². The highest BCUT2D eigenvalue weighted by molar-refractivity contribution is 5.77. The second-order valence-corrected chi connectivity index (χ2v) is 4.61. The number of carbonyl (C=O) groups is 2. The zero-order valence-electron chi connectivity index (χ0n) is 11.0. The number of hydrogen-bond acceptors (Lipinski definition) is 3. The molecule has 5 nitrogen and oxygen atoms in total. The highest BCUT2D eigenvalue weighted by atomic mass is 16.3. The van der Waals surface area contributed by atoms with Gasteiger partial charge in [-0.2, -0.15) is 0 Å². The summed E-state index contributed by atoms with van der Waals surface area (Å²) in [5.41, 5.74) is 6.15. The van der Waals surface area contributed by atoms with E-state index >= 15 is 0 Å². The zero-order valence-corrected chi connectivity index (χ0v) is 11.0. The summed E-state index contributed by atoms with van der Waals surface area (Å²) >= 11 is 0. The van der Waals surface area contributed by atoms with Gasteiger partial charge in [-0.05, 0) is 12.0 Å². The molecular weight excluding hydrogens is 244 g/mol. The number of aliphatic hydroxyl groups excluding tert-OH is 1. The van der Waals surface area contributed by atoms with Gasteiger partial charge in [0.1, 0.15) is 6.23 Å². The minimum atomic E-state index is -1.04. The van der Waals surface area contributed by atoms with E-state index in [1.807, 2.05) is 30.3 Å². The first-order valence-electron chi connectivity index (χ1n) is 6.29. The van der Waals surface area contributed by atoms with E-state index in [4.69, 9.17) is 5.73 Å². The van der Waals surface area contributed by atoms with Crippen LogP contribution in [-0.2, 0) is 16.0 Å². The van der Waals surface area contributed by atoms with Crippen molar-refractivity contribution in [2.75, 3.05) is 0 Å². The topological polar surface area (TPSA) is 92.4 Å². The average molecular weight is 264 g/mol. The van der Waals surface area contributed by atoms with Gasteiger partial charge in [0.05, 0.1) is 0 Å². The molecule has 0 saturated heterocycles. The fourth-order valence-corrected chi connectivity index (χ4v) is 1.67. The lowest BCUT2D eigenvalue weighted by Gasteiger charge is -2.15. The standard InChI is InChI=1S/C14H20N2O3/c1-10(14(15)19)9-13(18)16-12(17)8-7-11-5-3-2-4-6-11/h2-6,10,13,18H,7-9H2,1H3,(H2,15,19)(H,16,17). The summed E-state index contributed by atoms with van der Waals surface area (Å²) < 4.78 is 0. The third-order valence-electron chi connectivity index (χ3n) is 2.87. The lowest BCUT2D eigenvalue weighted by molar-refractivity contribution is -0.127. The lowest BCUT2D eigenvalue weighted by atomic mass is 10.1. The van der Waals surface area contributed by atoms with Gasteiger partial charge in [0.15, 0.2) is 0 Å². The van der Waals surface area contributed by atoms with Crippen LogP contribution in [0.15, 0.2) is 30.3 Å². The average Bonchev–Trinajstić information content (AvgIpc) is 2.37. The van der Waals surface area contributed by atoms with Crippen molar-refractivity contribution in [2.45, 2.75) is 32.4 Å². The van der Waals surface area contributed by atoms with Gasteiger partial charge in [0.2, 0.25) is 11.8 Å². The van der Waals surface area contributed by atoms with Crippen LogP contribution in [-0.4, -0.2) is 23.1 Å². The van der Waals surface area contributed by atoms with E-state index < -0.39 is 18.1 Å². The summed E-state index contributed by atoms with van der Waals surface area (Å²) in [6.45, 7) is 1.61. The normalized spacial score (nSPS) is 13.6. The largest absolute Gasteiger partial charge is 0.374 e. The van der Waals surface area contributed by atoms with Crippen molar-refractivity contribution in [3.8, 4) is 0 Å². The van der Waals surface area contributed by atoms with Crippen molar-refractivity contribution in [2.24, 2.45) is 11.7 Å². The van der Waals surface area contributed by atoms with E-state index in [9.17, 15) is 14.7 Å². The molecule has 1 aromatic carbocycles. The number of rotatable bonds is 7. The Bertz CT molecular complexity index is 420. The number of aryl methyl sites for hydroxylation is 1. The molecule has 0 spiro atoms. The van der Waals surface area contributed by atoms with Crippen LogP contribution < -0.4 is 11.1 Å². The minimum absolute atomic E-state index is 0.131. The second-order valence-electron chi connectivity index (χ2n) is 4.61. The number of hydrogen-bond donors (Lipinski definition) is 3. The molecule has 0 aliphatic rings. The smallest absolute Gasteiger partial charge is 0.222 e. The molecule has 19 heavy (non-hydrogen) atoms. The Balaban J connectivity index is 2.29. The van der Waals surface area contributed by atoms with Gasteiger partial charge in [-0.15, -0.1) is 0 Å². The van der Waals surface area contributed by atoms with Crippen LogP contribution in [0.4, 0.5) is 0 Å². The van der Waals surface area contributed by atoms with Crippen molar-refractivity contribution < 1.29 is 14.7 Å². The van der Waals surface area contributed by atoms with Gasteiger partial charge in [-0.3, -0.25) is 9.59 Å². The number of carbonyl (C=O) groups excluding carboxylic acids is 2. The number of nitrogens with two attached hydrogens (primary N) is 1. The highest BCUT2D eigenvalue weighted by Gasteiger charge is 2.16. The van der Waals surface area contributed by atoms with Gasteiger partial charge in [-0.25, -0.2) is 0 Å². The Labute approximate surface area is 112 Å². The van der Waals surface area contributed by atoms with Crippen LogP contribution in [0, 0.1) is 5.92 Å². The van der Waals surface area contributed by atoms with Gasteiger partial charge in [-0.1, -0.05) is 37.3 Å². The molecular formula is C14H20N2O3. The summed E-state index contributed by atoms with van der Waals surface area (Å²) in [6, 6.07) is 9.63. The number of benzene rings is 1. The molecule has 4 N–H and O–H groups in total. The van der Waals surface area contributed by atoms with E-state index in [0.717, 1.165) is 5.56 Å². The van der Waals surface area contributed by atoms with E-state index in [-0.39, 0.29) is 12.3 Å². The predicted octanol–water partition coefficient (Wildman–Crippen LogP) is 0.565. The minimum Gasteiger partial charge on any atom is -0.374 e. The van der Waals surface area contributed by atoms with Crippen molar-refractivity contribution >= 4 is 11.8 Å². The Kier molecular flexibility index (Phi) is 6.02. The molecule has 0 aliphatic heterocycles. The summed E-state index contributed by atoms with van der Waals surface area (Å²) in [5.74, 6) is -1.20. The first-order valence-corrected chi connectivity index (χ1v) is 6.29. The van der Waals surface area contributed by atoms with Gasteiger partial charge < -0.3 is 16.2 Å². The van der Waals surface area contributed by atoms with E-state index in [2.05, 4.69) is 5.32 Å². The Morgan fingerprint density at radius 3 is 2.53 bits per heavy atom. The monoisotopic (exact) mass is 264 g/mol. The summed E-state index contributed by atoms with van der Waals surface area (Å²) in [6.07, 6.45) is 0.00852. The van der Waals surface area contributed by atoms with Crippen LogP contribution >= 0.6 is 0 Å². The van der Waals surface area contributed by atoms with E-state index in [1.54, 1.807) is 6.92 Å². The van der Waals surface area contributed by atoms with Crippen LogP contribution in [0.1, 0.15) is 25.3 Å². The first-order chi connectivity index (χ1) is 8.99. The molecule has 2 amide bonds. The summed E-state index contributed by atoms with van der Waals surface area (Å²) in [5, 5.41) is 12.0. The van der Waals surface area contributed by atoms with Crippen molar-refractivity contribution in [1.82, 2.24) is 5.32 Å². The number of amides is 2. The van der Waals surface area contributed by atoms with E-state index in [0.29, 0.717) is 12.8 Å². The lowest BCUT2D eigenvalue weighted by Crippen LogP contribution is -2.38. The molecule has 0 fully saturated rings. The molecule has 1 aromatic rings. The molecule has 0 heterocycles. The predicted molar refractivity (Wildman–Crippen MR) is 71.9 cm³/mol. The fourth-order valence-electron chi connectivity index (χ4n) is 1.67. The highest BCUT2D eigenvalue weighted by Crippen LogP contribution is 2.05. The van der Waals surface area contributed by atoms with Crippen molar-refractivity contribution in [3.63, 3.8) is 0 Å². The molecule has 2 atom stereocenters. The molecule has 0 bridgehead atoms. The van der Waals surface area contributed by atoms with Crippen LogP contribution in [0.25, 0.3) is 0 Å². The maximum atomic E-state index is 11.6. The molecule has 0 radical (unpaired) electrons. The van der Waals surface area contributed by atoms with Crippen LogP contribution in [0.5, 0.6) is 0 Å². The molecule has 1 rings (SSSR count). The molecule has 2 unspecified atom stereocenters. The number of nitrogens with one attached hydrogen (secondary N) is 1. The Morgan fingerprint density at radius 1 is 1.32 bits per heavy atom. The molecule has 5 heteroatoms. The maximum Gasteiger partial charge on any atom is 0.222 e. The number of aliphatic hydroxyl groups is 1. The zero-order chi connectivity index (χ0) is 14.3. The Morgan fingerprint density at radius 2 is 1.95 bits per heavy atom.